The van der Waals surface area contributed by atoms with Crippen LogP contribution in [-0.2, 0) is 31.0 Å². The van der Waals surface area contributed by atoms with Gasteiger partial charge in [-0.05, 0) is 44.0 Å². The lowest BCUT2D eigenvalue weighted by Crippen LogP contribution is -2.46. The number of carbonyl (C=O) groups is 2. The van der Waals surface area contributed by atoms with Gasteiger partial charge in [0.1, 0.15) is 12.3 Å². The van der Waals surface area contributed by atoms with Crippen LogP contribution in [0.2, 0.25) is 5.02 Å². The van der Waals surface area contributed by atoms with Crippen LogP contribution in [0, 0.1) is 20.8 Å². The van der Waals surface area contributed by atoms with Crippen molar-refractivity contribution < 1.29 is 19.2 Å². The molecule has 13 heteroatoms. The largest absolute Gasteiger partial charge is 0.465 e. The van der Waals surface area contributed by atoms with Crippen LogP contribution in [0.5, 0.6) is 0 Å². The van der Waals surface area contributed by atoms with Crippen LogP contribution >= 0.6 is 11.6 Å². The van der Waals surface area contributed by atoms with E-state index in [0.29, 0.717) is 33.3 Å². The van der Waals surface area contributed by atoms with Gasteiger partial charge < -0.3 is 25.7 Å². The highest BCUT2D eigenvalue weighted by molar-refractivity contribution is 6.30. The van der Waals surface area contributed by atoms with Gasteiger partial charge in [-0.15, -0.1) is 0 Å². The summed E-state index contributed by atoms with van der Waals surface area (Å²) in [6.45, 7) is 4.93. The van der Waals surface area contributed by atoms with Gasteiger partial charge in [-0.2, -0.15) is 4.68 Å². The predicted molar refractivity (Wildman–Crippen MR) is 127 cm³/mol. The van der Waals surface area contributed by atoms with Crippen molar-refractivity contribution in [2.24, 2.45) is 0 Å². The maximum absolute atomic E-state index is 13.0. The monoisotopic (exact) mass is 504 g/mol. The van der Waals surface area contributed by atoms with Crippen molar-refractivity contribution in [2.45, 2.75) is 47.0 Å². The van der Waals surface area contributed by atoms with Gasteiger partial charge in [0.2, 0.25) is 5.91 Å². The molecule has 0 aliphatic carbocycles. The molecule has 35 heavy (non-hydrogen) atoms. The third kappa shape index (κ3) is 6.29. The van der Waals surface area contributed by atoms with Gasteiger partial charge in [0.25, 0.3) is 5.56 Å². The Morgan fingerprint density at radius 1 is 1.06 bits per heavy atom. The molecule has 0 aliphatic heterocycles. The molecule has 186 valence electrons. The second-order valence-corrected chi connectivity index (χ2v) is 8.25. The first kappa shape index (κ1) is 25.6. The number of hydrogen-bond donors (Lipinski definition) is 4. The first-order valence-electron chi connectivity index (χ1n) is 10.6. The fourth-order valence-corrected chi connectivity index (χ4v) is 3.63. The lowest BCUT2D eigenvalue weighted by molar-refractivity contribution is -0.121. The van der Waals surface area contributed by atoms with Gasteiger partial charge in [-0.1, -0.05) is 22.8 Å². The van der Waals surface area contributed by atoms with Crippen LogP contribution < -0.4 is 27.3 Å². The lowest BCUT2D eigenvalue weighted by atomic mass is 10.1. The summed E-state index contributed by atoms with van der Waals surface area (Å²) in [7, 11) is 0. The quantitative estimate of drug-likeness (QED) is 0.340. The average Bonchev–Trinajstić information content (AvgIpc) is 3.11. The molecule has 0 saturated heterocycles. The first-order chi connectivity index (χ1) is 16.6. The van der Waals surface area contributed by atoms with Gasteiger partial charge in [0.05, 0.1) is 12.2 Å². The standard InChI is InChI=1S/C22H25ClN6O6/c1-12-6-20(31)29(26-10-18-13(2)27-35-14(18)3)22(34)28(12)11-19(30)24-9-16-7-17(23)5-4-15(16)8-25-21(32)33/h4-7,25-26H,8-11H2,1-3H3,(H,24,30)(H,32,33). The number of carbonyl (C=O) groups excluding carboxylic acids is 1. The highest BCUT2D eigenvalue weighted by Crippen LogP contribution is 2.16. The summed E-state index contributed by atoms with van der Waals surface area (Å²) in [4.78, 5) is 48.8. The molecule has 0 aliphatic rings. The first-order valence-corrected chi connectivity index (χ1v) is 10.9. The van der Waals surface area contributed by atoms with E-state index in [2.05, 4.69) is 21.2 Å². The fraction of sp³-hybridized carbons (Fsp3) is 0.318. The minimum atomic E-state index is -1.18. The molecular weight excluding hydrogens is 480 g/mol. The van der Waals surface area contributed by atoms with Crippen LogP contribution in [0.1, 0.15) is 33.8 Å². The molecule has 4 N–H and O–H groups in total. The zero-order valence-electron chi connectivity index (χ0n) is 19.3. The highest BCUT2D eigenvalue weighted by Gasteiger charge is 2.15. The van der Waals surface area contributed by atoms with Gasteiger partial charge in [-0.3, -0.25) is 14.2 Å². The van der Waals surface area contributed by atoms with E-state index in [4.69, 9.17) is 21.2 Å². The number of amides is 2. The molecule has 3 rings (SSSR count). The van der Waals surface area contributed by atoms with Crippen molar-refractivity contribution in [3.05, 3.63) is 84.0 Å². The van der Waals surface area contributed by atoms with Crippen molar-refractivity contribution in [3.8, 4) is 0 Å². The summed E-state index contributed by atoms with van der Waals surface area (Å²) in [5.74, 6) is 0.0806. The smallest absolute Gasteiger partial charge is 0.404 e. The molecule has 0 fully saturated rings. The maximum atomic E-state index is 13.0. The number of nitrogens with zero attached hydrogens (tertiary/aromatic N) is 3. The second kappa shape index (κ2) is 10.9. The fourth-order valence-electron chi connectivity index (χ4n) is 3.43. The van der Waals surface area contributed by atoms with E-state index in [0.717, 1.165) is 10.2 Å². The normalized spacial score (nSPS) is 10.7. The number of halogens is 1. The van der Waals surface area contributed by atoms with Crippen LogP contribution in [0.25, 0.3) is 0 Å². The molecule has 2 amide bonds. The number of aryl methyl sites for hydroxylation is 3. The minimum absolute atomic E-state index is 0.0397. The number of rotatable bonds is 9. The Morgan fingerprint density at radius 2 is 1.77 bits per heavy atom. The molecular formula is C22H25ClN6O6. The summed E-state index contributed by atoms with van der Waals surface area (Å²) in [6.07, 6.45) is -1.18. The lowest BCUT2D eigenvalue weighted by Gasteiger charge is -2.15. The molecule has 0 spiro atoms. The number of nitrogens with one attached hydrogen (secondary N) is 3. The minimum Gasteiger partial charge on any atom is -0.465 e. The molecule has 1 aromatic carbocycles. The summed E-state index contributed by atoms with van der Waals surface area (Å²) in [5.41, 5.74) is 4.44. The molecule has 0 saturated carbocycles. The Bertz CT molecular complexity index is 1360. The van der Waals surface area contributed by atoms with Gasteiger partial charge in [0.15, 0.2) is 0 Å². The summed E-state index contributed by atoms with van der Waals surface area (Å²) < 4.78 is 7.09. The zero-order chi connectivity index (χ0) is 25.7. The van der Waals surface area contributed by atoms with E-state index in [1.54, 1.807) is 39.0 Å². The Kier molecular flexibility index (Phi) is 7.97. The van der Waals surface area contributed by atoms with Crippen LogP contribution in [0.15, 0.2) is 38.4 Å². The molecule has 0 unspecified atom stereocenters. The van der Waals surface area contributed by atoms with Gasteiger partial charge in [-0.25, -0.2) is 9.59 Å². The van der Waals surface area contributed by atoms with Crippen LogP contribution in [-0.4, -0.2) is 31.5 Å². The Balaban J connectivity index is 1.73. The maximum Gasteiger partial charge on any atom is 0.404 e. The Morgan fingerprint density at radius 3 is 2.43 bits per heavy atom. The Labute approximate surface area is 204 Å². The van der Waals surface area contributed by atoms with E-state index in [-0.39, 0.29) is 26.2 Å². The third-order valence-electron chi connectivity index (χ3n) is 5.37. The van der Waals surface area contributed by atoms with E-state index < -0.39 is 23.2 Å². The third-order valence-corrected chi connectivity index (χ3v) is 5.61. The van der Waals surface area contributed by atoms with Crippen molar-refractivity contribution >= 4 is 23.6 Å². The van der Waals surface area contributed by atoms with Crippen molar-refractivity contribution in [2.75, 3.05) is 5.43 Å². The molecule has 0 atom stereocenters. The number of carboxylic acid groups (broad SMARTS) is 1. The average molecular weight is 505 g/mol. The van der Waals surface area contributed by atoms with E-state index in [1.807, 2.05) is 0 Å². The van der Waals surface area contributed by atoms with Crippen molar-refractivity contribution in [1.82, 2.24) is 25.0 Å². The van der Waals surface area contributed by atoms with Crippen molar-refractivity contribution in [3.63, 3.8) is 0 Å². The second-order valence-electron chi connectivity index (χ2n) is 7.81. The number of aromatic nitrogens is 3. The van der Waals surface area contributed by atoms with E-state index >= 15 is 0 Å². The molecule has 12 nitrogen and oxygen atoms in total. The molecule has 0 bridgehead atoms. The van der Waals surface area contributed by atoms with Crippen LogP contribution in [0.4, 0.5) is 4.79 Å². The number of benzene rings is 1. The Hall–Kier alpha value is -4.06. The summed E-state index contributed by atoms with van der Waals surface area (Å²) >= 11 is 6.04. The van der Waals surface area contributed by atoms with Gasteiger partial charge >= 0.3 is 11.8 Å². The molecule has 2 heterocycles. The summed E-state index contributed by atoms with van der Waals surface area (Å²) in [6, 6.07) is 6.15. The number of hydrogen-bond acceptors (Lipinski definition) is 7. The van der Waals surface area contributed by atoms with E-state index in [9.17, 15) is 19.2 Å². The van der Waals surface area contributed by atoms with Crippen molar-refractivity contribution in [1.29, 1.82) is 0 Å². The topological polar surface area (TPSA) is 160 Å². The highest BCUT2D eigenvalue weighted by atomic mass is 35.5. The van der Waals surface area contributed by atoms with Crippen LogP contribution in [0.3, 0.4) is 0 Å². The molecule has 3 aromatic rings. The van der Waals surface area contributed by atoms with Gasteiger partial charge in [0, 0.05) is 35.4 Å². The molecule has 0 radical (unpaired) electrons. The SMILES string of the molecule is Cc1noc(C)c1CNn1c(=O)cc(C)n(CC(=O)NCc2cc(Cl)ccc2CNC(=O)O)c1=O. The van der Waals surface area contributed by atoms with E-state index in [1.165, 1.54) is 10.6 Å². The predicted octanol–water partition coefficient (Wildman–Crippen LogP) is 1.40. The zero-order valence-corrected chi connectivity index (χ0v) is 20.1. The summed E-state index contributed by atoms with van der Waals surface area (Å²) in [5, 5.41) is 18.1. The molecule has 2 aromatic heterocycles.